The second kappa shape index (κ2) is 11.2. The Kier molecular flexibility index (Phi) is 8.11. The van der Waals surface area contributed by atoms with Crippen LogP contribution in [-0.2, 0) is 23.1 Å². The molecule has 1 fully saturated rings. The molecule has 8 heteroatoms. The Morgan fingerprint density at radius 2 is 1.57 bits per heavy atom. The summed E-state index contributed by atoms with van der Waals surface area (Å²) in [6.45, 7) is 5.54. The Morgan fingerprint density at radius 1 is 0.914 bits per heavy atom. The predicted molar refractivity (Wildman–Crippen MR) is 140 cm³/mol. The first-order valence-corrected chi connectivity index (χ1v) is 13.6. The van der Waals surface area contributed by atoms with E-state index in [1.807, 2.05) is 19.1 Å². The molecule has 1 aliphatic heterocycles. The summed E-state index contributed by atoms with van der Waals surface area (Å²) in [5.74, 6) is -0.319. The summed E-state index contributed by atoms with van der Waals surface area (Å²) in [6, 6.07) is 19.3. The Bertz CT molecular complexity index is 1270. The van der Waals surface area contributed by atoms with E-state index in [1.54, 1.807) is 24.3 Å². The number of hydrogen-bond acceptors (Lipinski definition) is 4. The smallest absolute Gasteiger partial charge is 0.261 e. The average molecular weight is 512 g/mol. The van der Waals surface area contributed by atoms with Gasteiger partial charge in [0.25, 0.3) is 15.9 Å². The Morgan fingerprint density at radius 3 is 2.23 bits per heavy atom. The predicted octanol–water partition coefficient (Wildman–Crippen LogP) is 5.37. The topological polar surface area (TPSA) is 78.5 Å². The van der Waals surface area contributed by atoms with Crippen molar-refractivity contribution in [3.8, 4) is 0 Å². The number of rotatable bonds is 8. The van der Waals surface area contributed by atoms with Gasteiger partial charge in [-0.3, -0.25) is 14.4 Å². The third-order valence-electron chi connectivity index (χ3n) is 6.13. The van der Waals surface area contributed by atoms with E-state index >= 15 is 0 Å². The lowest BCUT2D eigenvalue weighted by molar-refractivity contribution is 0.0951. The van der Waals surface area contributed by atoms with Crippen LogP contribution in [0.3, 0.4) is 0 Å². The van der Waals surface area contributed by atoms with Gasteiger partial charge in [-0.25, -0.2) is 8.42 Å². The fourth-order valence-corrected chi connectivity index (χ4v) is 5.43. The maximum atomic E-state index is 12.7. The van der Waals surface area contributed by atoms with Gasteiger partial charge in [0.1, 0.15) is 0 Å². The van der Waals surface area contributed by atoms with E-state index in [9.17, 15) is 13.2 Å². The van der Waals surface area contributed by atoms with Gasteiger partial charge in [0, 0.05) is 13.1 Å². The number of aryl methyl sites for hydroxylation is 1. The zero-order valence-electron chi connectivity index (χ0n) is 19.8. The number of likely N-dealkylation sites (tertiary alicyclic amines) is 1. The molecule has 1 aliphatic rings. The molecule has 0 aliphatic carbocycles. The Labute approximate surface area is 212 Å². The number of halogens is 1. The SMILES string of the molecule is Cc1ccc(S(=O)(=O)Nc2ccc(C(=O)NCc3ccc(CN4CCCCC4)cc3)c(Cl)c2)cc1. The van der Waals surface area contributed by atoms with Gasteiger partial charge in [0.05, 0.1) is 21.2 Å². The zero-order valence-corrected chi connectivity index (χ0v) is 21.3. The van der Waals surface area contributed by atoms with Crippen molar-refractivity contribution >= 4 is 33.2 Å². The van der Waals surface area contributed by atoms with Crippen molar-refractivity contribution in [2.24, 2.45) is 0 Å². The molecule has 6 nitrogen and oxygen atoms in total. The van der Waals surface area contributed by atoms with Crippen molar-refractivity contribution in [3.63, 3.8) is 0 Å². The van der Waals surface area contributed by atoms with Gasteiger partial charge in [-0.2, -0.15) is 0 Å². The number of piperidine rings is 1. The van der Waals surface area contributed by atoms with Gasteiger partial charge in [0.2, 0.25) is 0 Å². The summed E-state index contributed by atoms with van der Waals surface area (Å²) >= 11 is 6.31. The van der Waals surface area contributed by atoms with E-state index in [0.29, 0.717) is 6.54 Å². The number of anilines is 1. The summed E-state index contributed by atoms with van der Waals surface area (Å²) in [4.78, 5) is 15.3. The van der Waals surface area contributed by atoms with E-state index in [1.165, 1.54) is 43.0 Å². The van der Waals surface area contributed by atoms with Crippen LogP contribution in [0.1, 0.15) is 46.3 Å². The van der Waals surface area contributed by atoms with Crippen molar-refractivity contribution in [3.05, 3.63) is 94.0 Å². The lowest BCUT2D eigenvalue weighted by atomic mass is 10.1. The lowest BCUT2D eigenvalue weighted by Crippen LogP contribution is -2.29. The standard InChI is InChI=1S/C27H30ClN3O3S/c1-20-5-12-24(13-6-20)35(33,34)30-23-11-14-25(26(28)17-23)27(32)29-18-21-7-9-22(10-8-21)19-31-15-3-2-4-16-31/h5-14,17,30H,2-4,15-16,18-19H2,1H3,(H,29,32). The molecule has 2 N–H and O–H groups in total. The first kappa shape index (κ1) is 25.2. The highest BCUT2D eigenvalue weighted by molar-refractivity contribution is 7.92. The van der Waals surface area contributed by atoms with Gasteiger partial charge in [-0.1, -0.05) is 60.0 Å². The molecule has 0 saturated carbocycles. The van der Waals surface area contributed by atoms with Crippen molar-refractivity contribution < 1.29 is 13.2 Å². The Hall–Kier alpha value is -2.87. The highest BCUT2D eigenvalue weighted by atomic mass is 35.5. The molecular formula is C27H30ClN3O3S. The van der Waals surface area contributed by atoms with Crippen LogP contribution in [0.15, 0.2) is 71.6 Å². The first-order valence-electron chi connectivity index (χ1n) is 11.8. The molecule has 184 valence electrons. The molecule has 1 amide bonds. The number of benzene rings is 3. The third kappa shape index (κ3) is 6.84. The van der Waals surface area contributed by atoms with Crippen molar-refractivity contribution in [1.29, 1.82) is 0 Å². The van der Waals surface area contributed by atoms with E-state index in [0.717, 1.165) is 30.8 Å². The molecule has 3 aromatic carbocycles. The second-order valence-corrected chi connectivity index (χ2v) is 11.0. The molecule has 4 rings (SSSR count). The normalized spacial score (nSPS) is 14.5. The highest BCUT2D eigenvalue weighted by Crippen LogP contribution is 2.24. The number of carbonyl (C=O) groups is 1. The van der Waals surface area contributed by atoms with Crippen LogP contribution in [0.4, 0.5) is 5.69 Å². The molecule has 0 radical (unpaired) electrons. The minimum absolute atomic E-state index is 0.156. The minimum Gasteiger partial charge on any atom is -0.348 e. The largest absolute Gasteiger partial charge is 0.348 e. The van der Waals surface area contributed by atoms with Crippen LogP contribution >= 0.6 is 11.6 Å². The molecule has 35 heavy (non-hydrogen) atoms. The van der Waals surface area contributed by atoms with Gasteiger partial charge in [-0.15, -0.1) is 0 Å². The maximum absolute atomic E-state index is 12.7. The van der Waals surface area contributed by atoms with Gasteiger partial charge in [0.15, 0.2) is 0 Å². The monoisotopic (exact) mass is 511 g/mol. The second-order valence-electron chi connectivity index (χ2n) is 8.95. The summed E-state index contributed by atoms with van der Waals surface area (Å²) in [5, 5.41) is 3.05. The molecule has 0 spiro atoms. The van der Waals surface area contributed by atoms with Crippen molar-refractivity contribution in [1.82, 2.24) is 10.2 Å². The van der Waals surface area contributed by atoms with Crippen LogP contribution in [0.2, 0.25) is 5.02 Å². The number of nitrogens with zero attached hydrogens (tertiary/aromatic N) is 1. The summed E-state index contributed by atoms with van der Waals surface area (Å²) in [5.41, 5.74) is 3.81. The van der Waals surface area contributed by atoms with Crippen molar-refractivity contribution in [2.45, 2.75) is 44.2 Å². The van der Waals surface area contributed by atoms with Crippen LogP contribution in [-0.4, -0.2) is 32.3 Å². The lowest BCUT2D eigenvalue weighted by Gasteiger charge is -2.26. The number of hydrogen-bond donors (Lipinski definition) is 2. The van der Waals surface area contributed by atoms with E-state index in [-0.39, 0.29) is 27.1 Å². The highest BCUT2D eigenvalue weighted by Gasteiger charge is 2.16. The quantitative estimate of drug-likeness (QED) is 0.426. The van der Waals surface area contributed by atoms with Crippen LogP contribution in [0.5, 0.6) is 0 Å². The van der Waals surface area contributed by atoms with Crippen LogP contribution in [0.25, 0.3) is 0 Å². The first-order chi connectivity index (χ1) is 16.8. The molecule has 1 saturated heterocycles. The summed E-state index contributed by atoms with van der Waals surface area (Å²) in [7, 11) is -3.75. The molecule has 0 bridgehead atoms. The number of amides is 1. The molecule has 1 heterocycles. The third-order valence-corrected chi connectivity index (χ3v) is 7.84. The van der Waals surface area contributed by atoms with E-state index in [4.69, 9.17) is 11.6 Å². The summed E-state index contributed by atoms with van der Waals surface area (Å²) < 4.78 is 27.7. The van der Waals surface area contributed by atoms with E-state index in [2.05, 4.69) is 27.1 Å². The van der Waals surface area contributed by atoms with Gasteiger partial charge in [-0.05, 0) is 74.3 Å². The summed E-state index contributed by atoms with van der Waals surface area (Å²) in [6.07, 6.45) is 3.86. The van der Waals surface area contributed by atoms with Gasteiger partial charge < -0.3 is 5.32 Å². The van der Waals surface area contributed by atoms with Crippen molar-refractivity contribution in [2.75, 3.05) is 17.8 Å². The molecule has 0 unspecified atom stereocenters. The van der Waals surface area contributed by atoms with E-state index < -0.39 is 10.0 Å². The molecule has 0 aromatic heterocycles. The number of carbonyl (C=O) groups excluding carboxylic acids is 1. The minimum atomic E-state index is -3.75. The zero-order chi connectivity index (χ0) is 24.8. The van der Waals surface area contributed by atoms with Crippen LogP contribution < -0.4 is 10.0 Å². The molecular weight excluding hydrogens is 482 g/mol. The molecule has 0 atom stereocenters. The van der Waals surface area contributed by atoms with Gasteiger partial charge >= 0.3 is 0 Å². The maximum Gasteiger partial charge on any atom is 0.261 e. The Balaban J connectivity index is 1.33. The number of nitrogens with one attached hydrogen (secondary N) is 2. The average Bonchev–Trinajstić information content (AvgIpc) is 2.84. The fraction of sp³-hybridized carbons (Fsp3) is 0.296. The number of sulfonamides is 1. The van der Waals surface area contributed by atoms with Crippen LogP contribution in [0, 0.1) is 6.92 Å². The molecule has 3 aromatic rings. The fourth-order valence-electron chi connectivity index (χ4n) is 4.11.